The summed E-state index contributed by atoms with van der Waals surface area (Å²) in [6.07, 6.45) is 5.86. The SMILES string of the molecule is Cc1cccc(-c2cccc3c2C=C(C(C)(C)C)[CH]3[Zr]([Cl])([Cl])([B](NC=O)NC=O)[CH]2C(C(C)(C)C)=Cc3c(-c4cccc(C)c4C)cccc32)c1C. The average Bonchev–Trinajstić information content (AvgIpc) is 3.69. The van der Waals surface area contributed by atoms with Gasteiger partial charge in [-0.25, -0.2) is 0 Å². The van der Waals surface area contributed by atoms with Crippen LogP contribution in [0.4, 0.5) is 0 Å². The molecule has 4 aromatic carbocycles. The van der Waals surface area contributed by atoms with Gasteiger partial charge < -0.3 is 0 Å². The van der Waals surface area contributed by atoms with E-state index in [1.54, 1.807) is 0 Å². The van der Waals surface area contributed by atoms with E-state index >= 15 is 0 Å². The van der Waals surface area contributed by atoms with Gasteiger partial charge in [-0.2, -0.15) is 0 Å². The van der Waals surface area contributed by atoms with Crippen LogP contribution in [-0.2, 0) is 25.8 Å². The third-order valence-electron chi connectivity index (χ3n) is 11.8. The molecule has 0 spiro atoms. The van der Waals surface area contributed by atoms with Gasteiger partial charge in [0.05, 0.1) is 0 Å². The summed E-state index contributed by atoms with van der Waals surface area (Å²) in [6.45, 7) is 21.8. The Balaban J connectivity index is 1.74. The number of halogens is 2. The second kappa shape index (κ2) is 13.6. The number of rotatable bonds is 9. The van der Waals surface area contributed by atoms with Crippen LogP contribution in [0.1, 0.15) is 93.3 Å². The molecule has 0 fully saturated rings. The fourth-order valence-corrected chi connectivity index (χ4v) is 29.9. The van der Waals surface area contributed by atoms with Crippen molar-refractivity contribution >= 4 is 46.5 Å². The zero-order valence-corrected chi connectivity index (χ0v) is 36.0. The molecular formula is C44H50BCl2N2O2Zr. The molecule has 2 aliphatic carbocycles. The molecule has 0 radical (unpaired) electrons. The summed E-state index contributed by atoms with van der Waals surface area (Å²) in [5.74, 6) is 0. The molecule has 2 amide bonds. The number of carbonyl (C=O) groups excluding carboxylic acids is 2. The van der Waals surface area contributed by atoms with Crippen LogP contribution < -0.4 is 10.5 Å². The summed E-state index contributed by atoms with van der Waals surface area (Å²) in [6, 6.07) is 25.7. The molecule has 2 N–H and O–H groups in total. The van der Waals surface area contributed by atoms with E-state index in [4.69, 9.17) is 17.0 Å². The second-order valence-corrected chi connectivity index (χ2v) is 38.3. The predicted octanol–water partition coefficient (Wildman–Crippen LogP) is 11.4. The van der Waals surface area contributed by atoms with Crippen LogP contribution in [0.2, 0.25) is 0 Å². The fraction of sp³-hybridized carbons (Fsp3) is 0.318. The Morgan fingerprint density at radius 2 is 0.923 bits per heavy atom. The number of amides is 2. The molecule has 0 aliphatic heterocycles. The van der Waals surface area contributed by atoms with E-state index in [1.807, 2.05) is 0 Å². The topological polar surface area (TPSA) is 58.2 Å². The van der Waals surface area contributed by atoms with Gasteiger partial charge in [0.2, 0.25) is 0 Å². The van der Waals surface area contributed by atoms with Gasteiger partial charge in [0.25, 0.3) is 0 Å². The third kappa shape index (κ3) is 6.11. The van der Waals surface area contributed by atoms with Crippen LogP contribution in [-0.4, -0.2) is 17.3 Å². The maximum absolute atomic E-state index is 12.6. The molecular weight excluding hydrogens is 761 g/mol. The molecule has 0 bridgehead atoms. The third-order valence-corrected chi connectivity index (χ3v) is 31.5. The first kappa shape index (κ1) is 38.5. The van der Waals surface area contributed by atoms with E-state index in [1.165, 1.54) is 22.3 Å². The Hall–Kier alpha value is -3.17. The zero-order valence-electron chi connectivity index (χ0n) is 32.0. The number of carbonyl (C=O) groups is 2. The quantitative estimate of drug-likeness (QED) is 0.131. The van der Waals surface area contributed by atoms with E-state index in [9.17, 15) is 9.59 Å². The minimum absolute atomic E-state index is 0.359. The van der Waals surface area contributed by atoms with Crippen molar-refractivity contribution < 1.29 is 25.8 Å². The number of allylic oxidation sites excluding steroid dienone is 2. The van der Waals surface area contributed by atoms with Gasteiger partial charge in [-0.3, -0.25) is 0 Å². The minimum atomic E-state index is -6.00. The van der Waals surface area contributed by atoms with Crippen molar-refractivity contribution in [2.24, 2.45) is 10.8 Å². The number of benzene rings is 4. The molecule has 4 aromatic rings. The number of hydrogen-bond acceptors (Lipinski definition) is 2. The van der Waals surface area contributed by atoms with E-state index in [2.05, 4.69) is 165 Å². The van der Waals surface area contributed by atoms with Gasteiger partial charge in [0.1, 0.15) is 0 Å². The summed E-state index contributed by atoms with van der Waals surface area (Å²) in [5.41, 5.74) is 15.2. The van der Waals surface area contributed by atoms with Gasteiger partial charge in [-0.1, -0.05) is 0 Å². The van der Waals surface area contributed by atoms with Crippen LogP contribution in [0, 0.1) is 38.5 Å². The Kier molecular flexibility index (Phi) is 10.1. The zero-order chi connectivity index (χ0) is 38.0. The van der Waals surface area contributed by atoms with Crippen LogP contribution in [0.15, 0.2) is 83.9 Å². The molecule has 52 heavy (non-hydrogen) atoms. The molecule has 269 valence electrons. The summed E-state index contributed by atoms with van der Waals surface area (Å²) >= 11 is -6.00. The van der Waals surface area contributed by atoms with Crippen molar-refractivity contribution in [1.82, 2.24) is 10.5 Å². The molecule has 6 rings (SSSR count). The van der Waals surface area contributed by atoms with Crippen molar-refractivity contribution in [3.05, 3.63) is 128 Å². The molecule has 0 heterocycles. The normalized spacial score (nSPS) is 17.7. The Morgan fingerprint density at radius 1 is 0.577 bits per heavy atom. The first-order chi connectivity index (χ1) is 24.4. The van der Waals surface area contributed by atoms with Gasteiger partial charge in [-0.15, -0.1) is 0 Å². The van der Waals surface area contributed by atoms with E-state index in [0.29, 0.717) is 12.8 Å². The first-order valence-electron chi connectivity index (χ1n) is 18.2. The van der Waals surface area contributed by atoms with Crippen molar-refractivity contribution in [2.75, 3.05) is 0 Å². The van der Waals surface area contributed by atoms with Crippen molar-refractivity contribution in [2.45, 2.75) is 76.5 Å². The Labute approximate surface area is 318 Å². The van der Waals surface area contributed by atoms with Gasteiger partial charge in [0.15, 0.2) is 0 Å². The standard InChI is InChI=1S/2C21H23.C2H3BN2O2.2ClH.Zr/c2*1-14-8-6-10-18(15(14)2)19-11-7-9-16-12-17(13-20(16)19)21(3,4)5;6-1-4-3-5-2-7;;;/h2*6-13H,1-5H3;1-2H,(H-,4,5,6,7);2*1H;/q;;;;;+1/p-1. The fourth-order valence-electron chi connectivity index (χ4n) is 8.85. The molecule has 2 aliphatic rings. The van der Waals surface area contributed by atoms with Crippen LogP contribution in [0.5, 0.6) is 0 Å². The summed E-state index contributed by atoms with van der Waals surface area (Å²) in [7, 11) is 17.5. The summed E-state index contributed by atoms with van der Waals surface area (Å²) in [4.78, 5) is 25.2. The average molecular weight is 812 g/mol. The summed E-state index contributed by atoms with van der Waals surface area (Å²) in [5, 5.41) is 6.00. The monoisotopic (exact) mass is 809 g/mol. The predicted molar refractivity (Wildman–Crippen MR) is 219 cm³/mol. The van der Waals surface area contributed by atoms with E-state index in [0.717, 1.165) is 55.7 Å². The Bertz CT molecular complexity index is 2030. The van der Waals surface area contributed by atoms with Crippen LogP contribution in [0.3, 0.4) is 0 Å². The number of aryl methyl sites for hydroxylation is 2. The Morgan fingerprint density at radius 3 is 1.27 bits per heavy atom. The van der Waals surface area contributed by atoms with Crippen molar-refractivity contribution in [1.29, 1.82) is 0 Å². The molecule has 0 saturated carbocycles. The number of nitrogens with one attached hydrogen (secondary N) is 2. The number of hydrogen-bond donors (Lipinski definition) is 2. The summed E-state index contributed by atoms with van der Waals surface area (Å²) < 4.78 is -1.90. The molecule has 2 atom stereocenters. The second-order valence-electron chi connectivity index (χ2n) is 16.9. The molecule has 4 nitrogen and oxygen atoms in total. The van der Waals surface area contributed by atoms with Crippen LogP contribution in [0.25, 0.3) is 34.4 Å². The van der Waals surface area contributed by atoms with Crippen molar-refractivity contribution in [3.63, 3.8) is 0 Å². The number of fused-ring (bicyclic) bond motifs is 2. The van der Waals surface area contributed by atoms with Gasteiger partial charge in [0, 0.05) is 0 Å². The first-order valence-corrected chi connectivity index (χ1v) is 28.7. The molecule has 0 aromatic heterocycles. The molecule has 2 unspecified atom stereocenters. The van der Waals surface area contributed by atoms with Crippen LogP contribution >= 0.6 is 17.0 Å². The van der Waals surface area contributed by atoms with E-state index in [-0.39, 0.29) is 10.8 Å². The van der Waals surface area contributed by atoms with E-state index < -0.39 is 27.9 Å². The molecule has 0 saturated heterocycles. The van der Waals surface area contributed by atoms with Gasteiger partial charge >= 0.3 is 321 Å². The van der Waals surface area contributed by atoms with Crippen molar-refractivity contribution in [3.8, 4) is 22.3 Å². The van der Waals surface area contributed by atoms with Gasteiger partial charge in [-0.05, 0) is 0 Å². The molecule has 8 heteroatoms. The maximum atomic E-state index is 12.6.